The van der Waals surface area contributed by atoms with Gasteiger partial charge in [-0.3, -0.25) is 9.78 Å². The van der Waals surface area contributed by atoms with Crippen LogP contribution >= 0.6 is 0 Å². The van der Waals surface area contributed by atoms with E-state index in [2.05, 4.69) is 29.6 Å². The first-order chi connectivity index (χ1) is 9.49. The topological polar surface area (TPSA) is 164 Å². The highest BCUT2D eigenvalue weighted by molar-refractivity contribution is 5.77. The first-order valence-electron chi connectivity index (χ1n) is 4.91. The quantitative estimate of drug-likeness (QED) is 0.317. The minimum absolute atomic E-state index is 0.470. The molecule has 0 heterocycles. The third kappa shape index (κ3) is 9.72. The lowest BCUT2D eigenvalue weighted by Gasteiger charge is -2.01. The van der Waals surface area contributed by atoms with Crippen molar-refractivity contribution in [2.75, 3.05) is 0 Å². The smallest absolute Gasteiger partial charge is 0.301 e. The fraction of sp³-hybridized carbons (Fsp3) is 0.500. The van der Waals surface area contributed by atoms with Crippen LogP contribution in [0.3, 0.4) is 0 Å². The van der Waals surface area contributed by atoms with Gasteiger partial charge < -0.3 is 9.78 Å². The largest absolute Gasteiger partial charge is 0.346 e. The summed E-state index contributed by atoms with van der Waals surface area (Å²) in [7, 11) is 0. The highest BCUT2D eigenvalue weighted by atomic mass is 17.7. The molecule has 12 heteroatoms. The van der Waals surface area contributed by atoms with Crippen molar-refractivity contribution in [2.45, 2.75) is 25.7 Å². The lowest BCUT2D eigenvalue weighted by molar-refractivity contribution is -0.600. The van der Waals surface area contributed by atoms with Gasteiger partial charge in [-0.1, -0.05) is 0 Å². The molecular weight excluding hydrogens is 288 g/mol. The molecule has 0 amide bonds. The summed E-state index contributed by atoms with van der Waals surface area (Å²) >= 11 is 0. The molecule has 0 aromatic heterocycles. The Balaban J connectivity index is 3.55. The first kappa shape index (κ1) is 17.7. The Kier molecular flexibility index (Phi) is 9.41. The molecule has 0 aliphatic rings. The summed E-state index contributed by atoms with van der Waals surface area (Å²) in [6, 6.07) is 0. The Bertz CT molecular complexity index is 315. The fourth-order valence-corrected chi connectivity index (χ4v) is 0.687. The molecule has 0 radical (unpaired) electrons. The molecule has 0 bridgehead atoms. The Morgan fingerprint density at radius 2 is 0.900 bits per heavy atom. The summed E-state index contributed by atoms with van der Waals surface area (Å²) in [5.74, 6) is -4.28. The molecule has 2 N–H and O–H groups in total. The lowest BCUT2D eigenvalue weighted by atomic mass is 10.3. The number of carbonyl (C=O) groups is 4. The fourth-order valence-electron chi connectivity index (χ4n) is 0.687. The van der Waals surface area contributed by atoms with Gasteiger partial charge in [0.2, 0.25) is 0 Å². The van der Waals surface area contributed by atoms with Crippen molar-refractivity contribution in [3.05, 3.63) is 0 Å². The lowest BCUT2D eigenvalue weighted by Crippen LogP contribution is -2.13. The second kappa shape index (κ2) is 10.6. The molecule has 0 aliphatic carbocycles. The van der Waals surface area contributed by atoms with Crippen LogP contribution in [0.15, 0.2) is 0 Å². The Hall–Kier alpha value is -2.28. The standard InChI is InChI=1S/C8H10O12/c9-5(15-13)1-3-7(11)17-19-20-18-8(12)4-2-6(10)16-14/h13-14H,1-4H2. The molecular formula is C8H10O12. The average molecular weight is 298 g/mol. The van der Waals surface area contributed by atoms with Crippen molar-refractivity contribution in [3.8, 4) is 0 Å². The van der Waals surface area contributed by atoms with Crippen LogP contribution in [-0.4, -0.2) is 34.4 Å². The average Bonchev–Trinajstić information content (AvgIpc) is 2.46. The van der Waals surface area contributed by atoms with E-state index in [0.29, 0.717) is 0 Å². The Morgan fingerprint density at radius 1 is 0.600 bits per heavy atom. The summed E-state index contributed by atoms with van der Waals surface area (Å²) in [6.45, 7) is 0. The summed E-state index contributed by atoms with van der Waals surface area (Å²) in [5.41, 5.74) is 0. The monoisotopic (exact) mass is 298 g/mol. The molecule has 0 unspecified atom stereocenters. The van der Waals surface area contributed by atoms with Crippen LogP contribution in [0, 0.1) is 0 Å². The molecule has 0 saturated carbocycles. The zero-order chi connectivity index (χ0) is 15.4. The molecule has 0 fully saturated rings. The molecule has 114 valence electrons. The van der Waals surface area contributed by atoms with Crippen molar-refractivity contribution in [3.63, 3.8) is 0 Å². The second-order valence-electron chi connectivity index (χ2n) is 2.97. The van der Waals surface area contributed by atoms with E-state index >= 15 is 0 Å². The molecule has 0 aromatic carbocycles. The van der Waals surface area contributed by atoms with Crippen molar-refractivity contribution >= 4 is 23.9 Å². The number of rotatable bonds is 9. The van der Waals surface area contributed by atoms with Gasteiger partial charge in [-0.2, -0.15) is 10.5 Å². The summed E-state index contributed by atoms with van der Waals surface area (Å²) in [5, 5.41) is 23.1. The van der Waals surface area contributed by atoms with E-state index in [1.54, 1.807) is 0 Å². The van der Waals surface area contributed by atoms with Crippen molar-refractivity contribution in [1.82, 2.24) is 0 Å². The molecule has 12 nitrogen and oxygen atoms in total. The molecule has 0 spiro atoms. The molecule has 0 atom stereocenters. The van der Waals surface area contributed by atoms with Crippen molar-refractivity contribution in [1.29, 1.82) is 0 Å². The van der Waals surface area contributed by atoms with Crippen molar-refractivity contribution < 1.29 is 59.3 Å². The third-order valence-corrected chi connectivity index (χ3v) is 1.55. The van der Waals surface area contributed by atoms with Gasteiger partial charge in [0.05, 0.1) is 25.7 Å². The maximum atomic E-state index is 10.8. The summed E-state index contributed by atoms with van der Waals surface area (Å²) < 4.78 is 0. The Morgan fingerprint density at radius 3 is 1.20 bits per heavy atom. The van der Waals surface area contributed by atoms with Gasteiger partial charge in [0.1, 0.15) is 0 Å². The van der Waals surface area contributed by atoms with E-state index in [1.165, 1.54) is 0 Å². The van der Waals surface area contributed by atoms with E-state index < -0.39 is 49.6 Å². The van der Waals surface area contributed by atoms with Crippen LogP contribution in [0.25, 0.3) is 0 Å². The van der Waals surface area contributed by atoms with Gasteiger partial charge in [0.25, 0.3) is 0 Å². The van der Waals surface area contributed by atoms with E-state index in [0.717, 1.165) is 0 Å². The van der Waals surface area contributed by atoms with Crippen molar-refractivity contribution in [2.24, 2.45) is 0 Å². The van der Waals surface area contributed by atoms with Gasteiger partial charge in [0.15, 0.2) is 0 Å². The minimum Gasteiger partial charge on any atom is -0.301 e. The molecule has 0 aromatic rings. The van der Waals surface area contributed by atoms with E-state index in [9.17, 15) is 19.2 Å². The molecule has 20 heavy (non-hydrogen) atoms. The van der Waals surface area contributed by atoms with Gasteiger partial charge in [-0.25, -0.2) is 19.2 Å². The van der Waals surface area contributed by atoms with Crippen LogP contribution in [0.2, 0.25) is 0 Å². The summed E-state index contributed by atoms with van der Waals surface area (Å²) in [4.78, 5) is 56.7. The minimum atomic E-state index is -1.07. The van der Waals surface area contributed by atoms with E-state index in [1.807, 2.05) is 0 Å². The molecule has 0 saturated heterocycles. The van der Waals surface area contributed by atoms with E-state index in [4.69, 9.17) is 10.5 Å². The Labute approximate surface area is 110 Å². The number of hydrogen-bond acceptors (Lipinski definition) is 12. The zero-order valence-corrected chi connectivity index (χ0v) is 9.81. The van der Waals surface area contributed by atoms with Gasteiger partial charge >= 0.3 is 23.9 Å². The first-order valence-corrected chi connectivity index (χ1v) is 4.91. The van der Waals surface area contributed by atoms with Crippen LogP contribution in [0.5, 0.6) is 0 Å². The van der Waals surface area contributed by atoms with Crippen LogP contribution in [-0.2, 0) is 48.8 Å². The normalized spacial score (nSPS) is 9.50. The van der Waals surface area contributed by atoms with E-state index in [-0.39, 0.29) is 0 Å². The molecule has 0 rings (SSSR count). The SMILES string of the molecule is O=C(CCC(=O)OOOOC(=O)CCC(=O)OO)OO. The summed E-state index contributed by atoms with van der Waals surface area (Å²) in [6.07, 6.45) is -1.92. The van der Waals surface area contributed by atoms with Crippen LogP contribution < -0.4 is 0 Å². The number of carbonyl (C=O) groups excluding carboxylic acids is 4. The second-order valence-corrected chi connectivity index (χ2v) is 2.97. The zero-order valence-electron chi connectivity index (χ0n) is 9.81. The van der Waals surface area contributed by atoms with Gasteiger partial charge in [-0.05, 0) is 0 Å². The van der Waals surface area contributed by atoms with Gasteiger partial charge in [-0.15, -0.1) is 0 Å². The van der Waals surface area contributed by atoms with Crippen LogP contribution in [0.4, 0.5) is 0 Å². The predicted molar refractivity (Wildman–Crippen MR) is 50.3 cm³/mol. The highest BCUT2D eigenvalue weighted by Gasteiger charge is 2.13. The third-order valence-electron chi connectivity index (χ3n) is 1.55. The number of hydrogen-bond donors (Lipinski definition) is 2. The predicted octanol–water partition coefficient (Wildman–Crippen LogP) is -0.556. The highest BCUT2D eigenvalue weighted by Crippen LogP contribution is 1.98. The maximum Gasteiger partial charge on any atom is 0.346 e. The van der Waals surface area contributed by atoms with Crippen LogP contribution in [0.1, 0.15) is 25.7 Å². The van der Waals surface area contributed by atoms with Gasteiger partial charge in [0, 0.05) is 10.1 Å². The molecule has 0 aliphatic heterocycles. The maximum absolute atomic E-state index is 10.8.